The Bertz CT molecular complexity index is 968. The minimum absolute atomic E-state index is 0.228. The molecule has 0 aliphatic carbocycles. The lowest BCUT2D eigenvalue weighted by atomic mass is 10.1. The van der Waals surface area contributed by atoms with Crippen molar-refractivity contribution in [3.63, 3.8) is 0 Å². The average Bonchev–Trinajstić information content (AvgIpc) is 3.17. The number of aromatic hydroxyl groups is 1. The van der Waals surface area contributed by atoms with Gasteiger partial charge in [0.15, 0.2) is 5.65 Å². The summed E-state index contributed by atoms with van der Waals surface area (Å²) in [5.74, 6) is 0.228. The summed E-state index contributed by atoms with van der Waals surface area (Å²) in [6, 6.07) is 3.79. The normalized spacial score (nSPS) is 17.0. The van der Waals surface area contributed by atoms with Gasteiger partial charge < -0.3 is 9.84 Å². The second kappa shape index (κ2) is 7.98. The Morgan fingerprint density at radius 2 is 2.18 bits per heavy atom. The first-order valence-electron chi connectivity index (χ1n) is 9.48. The van der Waals surface area contributed by atoms with E-state index in [9.17, 15) is 5.11 Å². The number of aryl methyl sites for hydroxylation is 2. The van der Waals surface area contributed by atoms with Crippen molar-refractivity contribution in [2.24, 2.45) is 4.99 Å². The van der Waals surface area contributed by atoms with Crippen LogP contribution in [0.2, 0.25) is 0 Å². The van der Waals surface area contributed by atoms with Crippen molar-refractivity contribution in [1.29, 1.82) is 0 Å². The van der Waals surface area contributed by atoms with Gasteiger partial charge >= 0.3 is 0 Å². The second-order valence-electron chi connectivity index (χ2n) is 7.26. The van der Waals surface area contributed by atoms with E-state index in [1.165, 1.54) is 17.0 Å². The first-order valence-corrected chi connectivity index (χ1v) is 10.3. The van der Waals surface area contributed by atoms with Gasteiger partial charge in [0.05, 0.1) is 17.5 Å². The van der Waals surface area contributed by atoms with Crippen molar-refractivity contribution >= 4 is 32.5 Å². The molecule has 2 aromatic heterocycles. The lowest BCUT2D eigenvalue weighted by Crippen LogP contribution is -2.37. The monoisotopic (exact) mass is 399 g/mol. The molecule has 1 aromatic carbocycles. The average molecular weight is 400 g/mol. The van der Waals surface area contributed by atoms with E-state index in [0.29, 0.717) is 11.3 Å². The summed E-state index contributed by atoms with van der Waals surface area (Å²) in [5.41, 5.74) is 4.53. The molecule has 28 heavy (non-hydrogen) atoms. The molecule has 0 unspecified atom stereocenters. The number of aromatic nitrogens is 3. The largest absolute Gasteiger partial charge is 0.506 e. The number of thiazole rings is 1. The molecular formula is C20H25N5O2S. The number of benzene rings is 1. The third kappa shape index (κ3) is 3.94. The topological polar surface area (TPSA) is 75.8 Å². The van der Waals surface area contributed by atoms with E-state index < -0.39 is 0 Å². The highest BCUT2D eigenvalue weighted by molar-refractivity contribution is 7.21. The smallest absolute Gasteiger partial charge is 0.211 e. The zero-order valence-electron chi connectivity index (χ0n) is 16.5. The Kier molecular flexibility index (Phi) is 5.43. The van der Waals surface area contributed by atoms with Gasteiger partial charge in [0.1, 0.15) is 11.4 Å². The number of piperidine rings is 1. The van der Waals surface area contributed by atoms with Crippen LogP contribution < -0.4 is 0 Å². The zero-order chi connectivity index (χ0) is 19.7. The van der Waals surface area contributed by atoms with Crippen LogP contribution in [0.3, 0.4) is 0 Å². The summed E-state index contributed by atoms with van der Waals surface area (Å²) in [6.07, 6.45) is 4.04. The number of methoxy groups -OCH3 is 1. The minimum Gasteiger partial charge on any atom is -0.506 e. The van der Waals surface area contributed by atoms with Crippen molar-refractivity contribution in [1.82, 2.24) is 19.7 Å². The summed E-state index contributed by atoms with van der Waals surface area (Å²) in [5, 5.41) is 15.6. The number of hydrogen-bond donors (Lipinski definition) is 1. The van der Waals surface area contributed by atoms with Gasteiger partial charge in [-0.15, -0.1) is 5.10 Å². The SMILES string of the molecule is COCCN1CCC/C(=N\c2nc3nn(-c4c(C)cc(C)cc4O)cc3s2)C1. The van der Waals surface area contributed by atoms with E-state index in [0.717, 1.165) is 60.0 Å². The number of phenolic OH excluding ortho intramolecular Hbond substituents is 1. The third-order valence-electron chi connectivity index (χ3n) is 4.93. The lowest BCUT2D eigenvalue weighted by Gasteiger charge is -2.27. The van der Waals surface area contributed by atoms with Crippen LogP contribution in [0.25, 0.3) is 16.0 Å². The van der Waals surface area contributed by atoms with Crippen LogP contribution in [0.5, 0.6) is 5.75 Å². The van der Waals surface area contributed by atoms with E-state index >= 15 is 0 Å². The van der Waals surface area contributed by atoms with Crippen LogP contribution in [0.1, 0.15) is 24.0 Å². The summed E-state index contributed by atoms with van der Waals surface area (Å²) in [7, 11) is 1.73. The number of rotatable bonds is 5. The first-order chi connectivity index (χ1) is 13.5. The molecule has 1 N–H and O–H groups in total. The van der Waals surface area contributed by atoms with Crippen molar-refractivity contribution < 1.29 is 9.84 Å². The first kappa shape index (κ1) is 19.0. The fourth-order valence-electron chi connectivity index (χ4n) is 3.67. The maximum atomic E-state index is 10.3. The summed E-state index contributed by atoms with van der Waals surface area (Å²) < 4.78 is 7.85. The van der Waals surface area contributed by atoms with Gasteiger partial charge in [-0.05, 0) is 50.4 Å². The Morgan fingerprint density at radius 1 is 1.32 bits per heavy atom. The summed E-state index contributed by atoms with van der Waals surface area (Å²) in [4.78, 5) is 11.7. The molecule has 0 saturated carbocycles. The molecule has 0 bridgehead atoms. The molecule has 8 heteroatoms. The molecule has 1 aliphatic heterocycles. The maximum Gasteiger partial charge on any atom is 0.211 e. The van der Waals surface area contributed by atoms with Crippen molar-refractivity contribution in [2.45, 2.75) is 26.7 Å². The fraction of sp³-hybridized carbons (Fsp3) is 0.450. The molecule has 1 fully saturated rings. The van der Waals surface area contributed by atoms with Crippen molar-refractivity contribution in [2.75, 3.05) is 33.4 Å². The fourth-order valence-corrected chi connectivity index (χ4v) is 4.50. The number of fused-ring (bicyclic) bond motifs is 1. The van der Waals surface area contributed by atoms with E-state index in [2.05, 4.69) is 15.0 Å². The highest BCUT2D eigenvalue weighted by Gasteiger charge is 2.17. The van der Waals surface area contributed by atoms with Crippen LogP contribution in [0.15, 0.2) is 23.3 Å². The van der Waals surface area contributed by atoms with Gasteiger partial charge in [0, 0.05) is 25.9 Å². The molecule has 1 aliphatic rings. The molecule has 0 radical (unpaired) electrons. The summed E-state index contributed by atoms with van der Waals surface area (Å²) in [6.45, 7) is 7.58. The van der Waals surface area contributed by atoms with Crippen molar-refractivity contribution in [3.8, 4) is 11.4 Å². The van der Waals surface area contributed by atoms with Crippen LogP contribution in [0.4, 0.5) is 5.13 Å². The van der Waals surface area contributed by atoms with Gasteiger partial charge in [-0.2, -0.15) is 4.98 Å². The van der Waals surface area contributed by atoms with E-state index in [4.69, 9.17) is 9.73 Å². The zero-order valence-corrected chi connectivity index (χ0v) is 17.3. The predicted octanol–water partition coefficient (Wildman–Crippen LogP) is 3.62. The lowest BCUT2D eigenvalue weighted by molar-refractivity contribution is 0.152. The maximum absolute atomic E-state index is 10.3. The Labute approximate surface area is 168 Å². The predicted molar refractivity (Wildman–Crippen MR) is 113 cm³/mol. The molecule has 0 amide bonds. The van der Waals surface area contributed by atoms with Gasteiger partial charge in [-0.1, -0.05) is 17.4 Å². The molecule has 7 nitrogen and oxygen atoms in total. The molecule has 3 aromatic rings. The van der Waals surface area contributed by atoms with E-state index in [1.54, 1.807) is 17.9 Å². The Morgan fingerprint density at radius 3 is 2.93 bits per heavy atom. The molecule has 1 saturated heterocycles. The minimum atomic E-state index is 0.228. The number of ether oxygens (including phenoxy) is 1. The van der Waals surface area contributed by atoms with Crippen molar-refractivity contribution in [3.05, 3.63) is 29.5 Å². The molecule has 0 atom stereocenters. The summed E-state index contributed by atoms with van der Waals surface area (Å²) >= 11 is 1.53. The Hall–Kier alpha value is -2.29. The quantitative estimate of drug-likeness (QED) is 0.709. The molecule has 4 rings (SSSR count). The van der Waals surface area contributed by atoms with Gasteiger partial charge in [0.2, 0.25) is 5.13 Å². The van der Waals surface area contributed by atoms with Crippen LogP contribution in [-0.4, -0.2) is 63.8 Å². The van der Waals surface area contributed by atoms with Gasteiger partial charge in [-0.3, -0.25) is 4.90 Å². The van der Waals surface area contributed by atoms with Crippen LogP contribution >= 0.6 is 11.3 Å². The number of hydrogen-bond acceptors (Lipinski definition) is 7. The molecule has 148 valence electrons. The van der Waals surface area contributed by atoms with Crippen LogP contribution in [-0.2, 0) is 4.74 Å². The standard InChI is InChI=1S/C20H25N5O2S/c1-13-9-14(2)18(16(26)10-13)25-12-17-19(23-25)22-20(28-17)21-15-5-4-6-24(11-15)7-8-27-3/h9-10,12,26H,4-8,11H2,1-3H3/b21-15+. The van der Waals surface area contributed by atoms with E-state index in [1.807, 2.05) is 26.1 Å². The molecule has 0 spiro atoms. The second-order valence-corrected chi connectivity index (χ2v) is 8.27. The van der Waals surface area contributed by atoms with Gasteiger partial charge in [-0.25, -0.2) is 9.67 Å². The van der Waals surface area contributed by atoms with Gasteiger partial charge in [0.25, 0.3) is 0 Å². The highest BCUT2D eigenvalue weighted by atomic mass is 32.1. The number of likely N-dealkylation sites (tertiary alicyclic amines) is 1. The van der Waals surface area contributed by atoms with E-state index in [-0.39, 0.29) is 5.75 Å². The third-order valence-corrected chi connectivity index (χ3v) is 5.80. The number of nitrogens with zero attached hydrogens (tertiary/aromatic N) is 5. The number of phenols is 1. The number of aliphatic imine (C=N–C) groups is 1. The molecular weight excluding hydrogens is 374 g/mol. The van der Waals surface area contributed by atoms with Crippen LogP contribution in [0, 0.1) is 13.8 Å². The highest BCUT2D eigenvalue weighted by Crippen LogP contribution is 2.32. The molecule has 3 heterocycles. The Balaban J connectivity index is 1.56.